The molecule has 0 aliphatic heterocycles. The number of carbonyl (C=O) groups excluding carboxylic acids is 1. The Hall–Kier alpha value is -0.900. The second-order valence-electron chi connectivity index (χ2n) is 6.08. The molecule has 2 rings (SSSR count). The number of ketones is 1. The Labute approximate surface area is 114 Å². The van der Waals surface area contributed by atoms with Crippen LogP contribution in [0.2, 0.25) is 0 Å². The molecule has 1 N–H and O–H groups in total. The number of fused-ring (bicyclic) bond motifs is 2. The van der Waals surface area contributed by atoms with Crippen molar-refractivity contribution in [2.45, 2.75) is 45.4 Å². The van der Waals surface area contributed by atoms with Crippen LogP contribution in [-0.4, -0.2) is 30.1 Å². The highest BCUT2D eigenvalue weighted by molar-refractivity contribution is 5.79. The Kier molecular flexibility index (Phi) is 4.97. The molecule has 2 aliphatic rings. The smallest absolute Gasteiger partial charge is 0.329 e. The van der Waals surface area contributed by atoms with Gasteiger partial charge in [0.1, 0.15) is 12.4 Å². The van der Waals surface area contributed by atoms with Crippen LogP contribution in [0.3, 0.4) is 0 Å². The third-order valence-corrected chi connectivity index (χ3v) is 4.86. The van der Waals surface area contributed by atoms with Crippen LogP contribution in [0, 0.1) is 23.7 Å². The first-order chi connectivity index (χ1) is 9.09. The number of carboxylic acid groups (broad SMARTS) is 1. The molecule has 0 amide bonds. The van der Waals surface area contributed by atoms with E-state index in [1.807, 2.05) is 0 Å². The molecule has 4 heteroatoms. The number of carbonyl (C=O) groups is 2. The molecule has 2 saturated carbocycles. The maximum atomic E-state index is 11.8. The average molecular weight is 268 g/mol. The van der Waals surface area contributed by atoms with Gasteiger partial charge in [-0.25, -0.2) is 4.79 Å². The van der Waals surface area contributed by atoms with Crippen LogP contribution in [0.1, 0.15) is 45.4 Å². The van der Waals surface area contributed by atoms with Crippen LogP contribution in [0.4, 0.5) is 0 Å². The number of aliphatic carboxylic acids is 1. The van der Waals surface area contributed by atoms with Gasteiger partial charge in [-0.05, 0) is 56.8 Å². The maximum Gasteiger partial charge on any atom is 0.329 e. The van der Waals surface area contributed by atoms with Crippen molar-refractivity contribution in [1.82, 2.24) is 0 Å². The lowest BCUT2D eigenvalue weighted by Gasteiger charge is -2.29. The van der Waals surface area contributed by atoms with E-state index in [-0.39, 0.29) is 6.61 Å². The summed E-state index contributed by atoms with van der Waals surface area (Å²) in [4.78, 5) is 22.0. The fraction of sp³-hybridized carbons (Fsp3) is 0.867. The minimum atomic E-state index is -0.912. The number of ether oxygens (including phenoxy) is 1. The Balaban J connectivity index is 1.67. The molecule has 0 spiro atoms. The van der Waals surface area contributed by atoms with Gasteiger partial charge in [0, 0.05) is 12.5 Å². The SMILES string of the molecule is CC(=O)C1C2CCC(C2)C1CCCCOCC(=O)O. The van der Waals surface area contributed by atoms with Crippen molar-refractivity contribution in [3.8, 4) is 0 Å². The summed E-state index contributed by atoms with van der Waals surface area (Å²) in [6.07, 6.45) is 6.83. The molecule has 4 atom stereocenters. The predicted octanol–water partition coefficient (Wildman–Crippen LogP) is 2.51. The summed E-state index contributed by atoms with van der Waals surface area (Å²) in [7, 11) is 0. The molecule has 0 saturated heterocycles. The van der Waals surface area contributed by atoms with Crippen molar-refractivity contribution in [2.75, 3.05) is 13.2 Å². The van der Waals surface area contributed by atoms with Crippen LogP contribution in [0.5, 0.6) is 0 Å². The molecular weight excluding hydrogens is 244 g/mol. The quantitative estimate of drug-likeness (QED) is 0.687. The van der Waals surface area contributed by atoms with Crippen molar-refractivity contribution in [1.29, 1.82) is 0 Å². The lowest BCUT2D eigenvalue weighted by molar-refractivity contribution is -0.142. The van der Waals surface area contributed by atoms with Gasteiger partial charge in [-0.15, -0.1) is 0 Å². The van der Waals surface area contributed by atoms with E-state index in [9.17, 15) is 9.59 Å². The Morgan fingerprint density at radius 1 is 1.21 bits per heavy atom. The molecule has 4 unspecified atom stereocenters. The van der Waals surface area contributed by atoms with Crippen LogP contribution in [0.15, 0.2) is 0 Å². The minimum absolute atomic E-state index is 0.204. The highest BCUT2D eigenvalue weighted by atomic mass is 16.5. The fourth-order valence-electron chi connectivity index (χ4n) is 4.20. The first-order valence-electron chi connectivity index (χ1n) is 7.39. The average Bonchev–Trinajstić information content (AvgIpc) is 2.93. The molecule has 0 aromatic heterocycles. The van der Waals surface area contributed by atoms with Crippen molar-refractivity contribution in [3.05, 3.63) is 0 Å². The third-order valence-electron chi connectivity index (χ3n) is 4.86. The normalized spacial score (nSPS) is 32.7. The van der Waals surface area contributed by atoms with E-state index in [0.717, 1.165) is 25.2 Å². The second-order valence-corrected chi connectivity index (χ2v) is 6.08. The van der Waals surface area contributed by atoms with Gasteiger partial charge in [-0.1, -0.05) is 6.42 Å². The zero-order valence-corrected chi connectivity index (χ0v) is 11.6. The molecule has 2 fully saturated rings. The van der Waals surface area contributed by atoms with Gasteiger partial charge in [-0.2, -0.15) is 0 Å². The van der Waals surface area contributed by atoms with Gasteiger partial charge in [0.2, 0.25) is 0 Å². The number of unbranched alkanes of at least 4 members (excludes halogenated alkanes) is 1. The van der Waals surface area contributed by atoms with E-state index < -0.39 is 5.97 Å². The van der Waals surface area contributed by atoms with E-state index >= 15 is 0 Å². The molecule has 0 aromatic rings. The summed E-state index contributed by atoms with van der Waals surface area (Å²) >= 11 is 0. The van der Waals surface area contributed by atoms with Gasteiger partial charge >= 0.3 is 5.97 Å². The third kappa shape index (κ3) is 3.56. The van der Waals surface area contributed by atoms with Gasteiger partial charge in [0.25, 0.3) is 0 Å². The first kappa shape index (κ1) is 14.5. The zero-order chi connectivity index (χ0) is 13.8. The number of hydrogen-bond donors (Lipinski definition) is 1. The van der Waals surface area contributed by atoms with Gasteiger partial charge in [-0.3, -0.25) is 4.79 Å². The molecule has 108 valence electrons. The summed E-state index contributed by atoms with van der Waals surface area (Å²) in [6, 6.07) is 0. The van der Waals surface area contributed by atoms with E-state index in [0.29, 0.717) is 30.1 Å². The summed E-state index contributed by atoms with van der Waals surface area (Å²) < 4.78 is 5.03. The molecule has 0 radical (unpaired) electrons. The second kappa shape index (κ2) is 6.51. The van der Waals surface area contributed by atoms with Gasteiger partial charge < -0.3 is 9.84 Å². The summed E-state index contributed by atoms with van der Waals surface area (Å²) in [5.74, 6) is 1.76. The predicted molar refractivity (Wildman–Crippen MR) is 70.8 cm³/mol. The standard InChI is InChI=1S/C15H24O4/c1-10(16)15-12-6-5-11(8-12)13(15)4-2-3-7-19-9-14(17)18/h11-13,15H,2-9H2,1H3,(H,17,18). The van der Waals surface area contributed by atoms with Gasteiger partial charge in [0.15, 0.2) is 0 Å². The minimum Gasteiger partial charge on any atom is -0.480 e. The van der Waals surface area contributed by atoms with E-state index in [1.54, 1.807) is 6.92 Å². The number of carboxylic acids is 1. The van der Waals surface area contributed by atoms with E-state index in [2.05, 4.69) is 0 Å². The van der Waals surface area contributed by atoms with Crippen LogP contribution in [-0.2, 0) is 14.3 Å². The molecule has 0 aromatic carbocycles. The van der Waals surface area contributed by atoms with Crippen molar-refractivity contribution in [2.24, 2.45) is 23.7 Å². The molecule has 4 nitrogen and oxygen atoms in total. The summed E-state index contributed by atoms with van der Waals surface area (Å²) in [6.45, 7) is 2.05. The Morgan fingerprint density at radius 2 is 1.95 bits per heavy atom. The van der Waals surface area contributed by atoms with Crippen LogP contribution >= 0.6 is 0 Å². The van der Waals surface area contributed by atoms with E-state index in [4.69, 9.17) is 9.84 Å². The number of hydrogen-bond acceptors (Lipinski definition) is 3. The largest absolute Gasteiger partial charge is 0.480 e. The summed E-state index contributed by atoms with van der Waals surface area (Å²) in [5, 5.41) is 8.45. The van der Waals surface area contributed by atoms with Crippen molar-refractivity contribution in [3.63, 3.8) is 0 Å². The molecule has 0 heterocycles. The maximum absolute atomic E-state index is 11.8. The summed E-state index contributed by atoms with van der Waals surface area (Å²) in [5.41, 5.74) is 0. The Bertz CT molecular complexity index is 339. The monoisotopic (exact) mass is 268 g/mol. The Morgan fingerprint density at radius 3 is 2.63 bits per heavy atom. The first-order valence-corrected chi connectivity index (χ1v) is 7.39. The lowest BCUT2D eigenvalue weighted by Crippen LogP contribution is -2.28. The highest BCUT2D eigenvalue weighted by Gasteiger charge is 2.48. The lowest BCUT2D eigenvalue weighted by atomic mass is 9.75. The van der Waals surface area contributed by atoms with E-state index in [1.165, 1.54) is 19.3 Å². The number of rotatable bonds is 8. The fourth-order valence-corrected chi connectivity index (χ4v) is 4.20. The molecule has 19 heavy (non-hydrogen) atoms. The van der Waals surface area contributed by atoms with Crippen LogP contribution in [0.25, 0.3) is 0 Å². The molecule has 2 aliphatic carbocycles. The highest BCUT2D eigenvalue weighted by Crippen LogP contribution is 2.54. The zero-order valence-electron chi connectivity index (χ0n) is 11.6. The molecular formula is C15H24O4. The molecule has 2 bridgehead atoms. The topological polar surface area (TPSA) is 63.6 Å². The van der Waals surface area contributed by atoms with Crippen LogP contribution < -0.4 is 0 Å². The van der Waals surface area contributed by atoms with Gasteiger partial charge in [0.05, 0.1) is 0 Å². The number of Topliss-reactive ketones (excluding diaryl/α,β-unsaturated/α-hetero) is 1. The van der Waals surface area contributed by atoms with Crippen molar-refractivity contribution < 1.29 is 19.4 Å². The van der Waals surface area contributed by atoms with Crippen molar-refractivity contribution >= 4 is 11.8 Å².